The molecule has 21 heavy (non-hydrogen) atoms. The van der Waals surface area contributed by atoms with Crippen molar-refractivity contribution in [3.63, 3.8) is 0 Å². The number of nitrogens with zero attached hydrogens (tertiary/aromatic N) is 1. The molecule has 114 valence electrons. The average Bonchev–Trinajstić information content (AvgIpc) is 3.00. The van der Waals surface area contributed by atoms with Crippen LogP contribution in [0.1, 0.15) is 35.9 Å². The highest BCUT2D eigenvalue weighted by Crippen LogP contribution is 2.32. The molecule has 0 aliphatic heterocycles. The average molecular weight is 344 g/mol. The molecule has 0 spiro atoms. The van der Waals surface area contributed by atoms with Gasteiger partial charge in [0.1, 0.15) is 0 Å². The predicted molar refractivity (Wildman–Crippen MR) is 91.4 cm³/mol. The fraction of sp³-hybridized carbons (Fsp3) is 0.375. The predicted octanol–water partition coefficient (Wildman–Crippen LogP) is 5.17. The van der Waals surface area contributed by atoms with Crippen molar-refractivity contribution in [1.29, 1.82) is 0 Å². The van der Waals surface area contributed by atoms with Crippen LogP contribution >= 0.6 is 34.5 Å². The van der Waals surface area contributed by atoms with E-state index in [1.807, 2.05) is 12.1 Å². The number of aliphatic hydroxyl groups excluding tert-OH is 1. The fourth-order valence-electron chi connectivity index (χ4n) is 2.20. The summed E-state index contributed by atoms with van der Waals surface area (Å²) < 4.78 is 0. The summed E-state index contributed by atoms with van der Waals surface area (Å²) in [6, 6.07) is 9.89. The van der Waals surface area contributed by atoms with E-state index in [0.29, 0.717) is 28.1 Å². The fourth-order valence-corrected chi connectivity index (χ4v) is 3.48. The second-order valence-electron chi connectivity index (χ2n) is 5.12. The van der Waals surface area contributed by atoms with Gasteiger partial charge in [0.05, 0.1) is 16.1 Å². The van der Waals surface area contributed by atoms with Crippen LogP contribution in [0.25, 0.3) is 0 Å². The van der Waals surface area contributed by atoms with E-state index in [4.69, 9.17) is 23.2 Å². The zero-order valence-electron chi connectivity index (χ0n) is 12.1. The first-order valence-corrected chi connectivity index (χ1v) is 8.50. The Morgan fingerprint density at radius 3 is 2.67 bits per heavy atom. The normalized spacial score (nSPS) is 14.4. The van der Waals surface area contributed by atoms with Crippen LogP contribution in [0.5, 0.6) is 0 Å². The van der Waals surface area contributed by atoms with Gasteiger partial charge in [-0.3, -0.25) is 4.90 Å². The monoisotopic (exact) mass is 343 g/mol. The lowest BCUT2D eigenvalue weighted by Crippen LogP contribution is -2.24. The molecule has 2 rings (SSSR count). The van der Waals surface area contributed by atoms with Crippen LogP contribution in [-0.2, 0) is 0 Å². The number of thiophene rings is 1. The van der Waals surface area contributed by atoms with E-state index in [2.05, 4.69) is 36.4 Å². The second kappa shape index (κ2) is 7.61. The maximum atomic E-state index is 10.3. The van der Waals surface area contributed by atoms with Gasteiger partial charge in [-0.05, 0) is 37.9 Å². The molecular formula is C16H19Cl2NOS. The maximum Gasteiger partial charge on any atom is 0.0817 e. The van der Waals surface area contributed by atoms with Gasteiger partial charge in [-0.25, -0.2) is 0 Å². The topological polar surface area (TPSA) is 23.5 Å². The van der Waals surface area contributed by atoms with Gasteiger partial charge in [0, 0.05) is 23.0 Å². The Labute approximate surface area is 139 Å². The first kappa shape index (κ1) is 16.8. The van der Waals surface area contributed by atoms with E-state index >= 15 is 0 Å². The lowest BCUT2D eigenvalue weighted by molar-refractivity contribution is 0.139. The molecule has 2 atom stereocenters. The first-order chi connectivity index (χ1) is 10.0. The van der Waals surface area contributed by atoms with E-state index in [1.165, 1.54) is 4.88 Å². The van der Waals surface area contributed by atoms with Crippen molar-refractivity contribution in [1.82, 2.24) is 4.90 Å². The van der Waals surface area contributed by atoms with Crippen LogP contribution in [-0.4, -0.2) is 23.6 Å². The summed E-state index contributed by atoms with van der Waals surface area (Å²) in [5.74, 6) is 0. The number of aliphatic hydroxyl groups is 1. The highest BCUT2D eigenvalue weighted by Gasteiger charge is 2.17. The highest BCUT2D eigenvalue weighted by molar-refractivity contribution is 7.10. The van der Waals surface area contributed by atoms with Crippen molar-refractivity contribution in [3.05, 3.63) is 56.2 Å². The quantitative estimate of drug-likeness (QED) is 0.781. The number of rotatable bonds is 6. The lowest BCUT2D eigenvalue weighted by Gasteiger charge is -2.25. The zero-order valence-corrected chi connectivity index (χ0v) is 14.4. The molecule has 0 bridgehead atoms. The SMILES string of the molecule is CC(c1cccs1)N(C)CCC(O)c1cccc(Cl)c1Cl. The van der Waals surface area contributed by atoms with Crippen molar-refractivity contribution in [2.24, 2.45) is 0 Å². The molecule has 0 saturated carbocycles. The standard InChI is InChI=1S/C16H19Cl2NOS/c1-11(15-7-4-10-21-15)19(2)9-8-14(20)12-5-3-6-13(17)16(12)18/h3-7,10-11,14,20H,8-9H2,1-2H3. The van der Waals surface area contributed by atoms with Crippen molar-refractivity contribution >= 4 is 34.5 Å². The van der Waals surface area contributed by atoms with Crippen LogP contribution in [0, 0.1) is 0 Å². The second-order valence-corrected chi connectivity index (χ2v) is 6.88. The van der Waals surface area contributed by atoms with Gasteiger partial charge < -0.3 is 5.11 Å². The molecule has 0 aliphatic rings. The molecule has 2 unspecified atom stereocenters. The minimum Gasteiger partial charge on any atom is -0.388 e. The van der Waals surface area contributed by atoms with Crippen LogP contribution in [0.4, 0.5) is 0 Å². The minimum absolute atomic E-state index is 0.340. The summed E-state index contributed by atoms with van der Waals surface area (Å²) in [5.41, 5.74) is 0.696. The van der Waals surface area contributed by atoms with Gasteiger partial charge in [-0.1, -0.05) is 41.4 Å². The van der Waals surface area contributed by atoms with E-state index in [0.717, 1.165) is 6.54 Å². The summed E-state index contributed by atoms with van der Waals surface area (Å²) in [7, 11) is 2.07. The third kappa shape index (κ3) is 4.21. The highest BCUT2D eigenvalue weighted by atomic mass is 35.5. The Hall–Kier alpha value is -0.580. The van der Waals surface area contributed by atoms with Crippen LogP contribution in [0.2, 0.25) is 10.0 Å². The smallest absolute Gasteiger partial charge is 0.0817 e. The van der Waals surface area contributed by atoms with Gasteiger partial charge in [0.15, 0.2) is 0 Å². The Balaban J connectivity index is 1.94. The third-order valence-corrected chi connectivity index (χ3v) is 5.59. The number of hydrogen-bond acceptors (Lipinski definition) is 3. The van der Waals surface area contributed by atoms with Gasteiger partial charge in [-0.2, -0.15) is 0 Å². The van der Waals surface area contributed by atoms with Crippen LogP contribution in [0.3, 0.4) is 0 Å². The minimum atomic E-state index is -0.603. The van der Waals surface area contributed by atoms with Crippen molar-refractivity contribution in [2.75, 3.05) is 13.6 Å². The molecule has 5 heteroatoms. The molecule has 2 aromatic rings. The molecule has 1 aromatic heterocycles. The van der Waals surface area contributed by atoms with Crippen LogP contribution < -0.4 is 0 Å². The summed E-state index contributed by atoms with van der Waals surface area (Å²) >= 11 is 13.9. The Morgan fingerprint density at radius 2 is 2.00 bits per heavy atom. The van der Waals surface area contributed by atoms with E-state index in [-0.39, 0.29) is 0 Å². The molecule has 0 saturated heterocycles. The summed E-state index contributed by atoms with van der Waals surface area (Å²) in [6.07, 6.45) is 0.0147. The molecule has 1 heterocycles. The van der Waals surface area contributed by atoms with Gasteiger partial charge in [0.25, 0.3) is 0 Å². The summed E-state index contributed by atoms with van der Waals surface area (Å²) in [4.78, 5) is 3.56. The van der Waals surface area contributed by atoms with Gasteiger partial charge in [0.2, 0.25) is 0 Å². The van der Waals surface area contributed by atoms with Crippen molar-refractivity contribution < 1.29 is 5.11 Å². The van der Waals surface area contributed by atoms with Gasteiger partial charge >= 0.3 is 0 Å². The molecular weight excluding hydrogens is 325 g/mol. The maximum absolute atomic E-state index is 10.3. The Bertz CT molecular complexity index is 574. The third-order valence-electron chi connectivity index (χ3n) is 3.71. The molecule has 0 amide bonds. The lowest BCUT2D eigenvalue weighted by atomic mass is 10.1. The molecule has 1 N–H and O–H groups in total. The largest absolute Gasteiger partial charge is 0.388 e. The van der Waals surface area contributed by atoms with Gasteiger partial charge in [-0.15, -0.1) is 11.3 Å². The molecule has 1 aromatic carbocycles. The van der Waals surface area contributed by atoms with Crippen molar-refractivity contribution in [2.45, 2.75) is 25.5 Å². The summed E-state index contributed by atoms with van der Waals surface area (Å²) in [5, 5.41) is 13.3. The van der Waals surface area contributed by atoms with E-state index in [1.54, 1.807) is 17.4 Å². The molecule has 0 fully saturated rings. The van der Waals surface area contributed by atoms with E-state index < -0.39 is 6.10 Å². The molecule has 0 aliphatic carbocycles. The van der Waals surface area contributed by atoms with E-state index in [9.17, 15) is 5.11 Å². The zero-order chi connectivity index (χ0) is 15.4. The Morgan fingerprint density at radius 1 is 1.24 bits per heavy atom. The molecule has 0 radical (unpaired) electrons. The number of benzene rings is 1. The number of halogens is 2. The Kier molecular flexibility index (Phi) is 6.08. The molecule has 2 nitrogen and oxygen atoms in total. The van der Waals surface area contributed by atoms with Crippen molar-refractivity contribution in [3.8, 4) is 0 Å². The van der Waals surface area contributed by atoms with Crippen LogP contribution in [0.15, 0.2) is 35.7 Å². The number of hydrogen-bond donors (Lipinski definition) is 1. The summed E-state index contributed by atoms with van der Waals surface area (Å²) in [6.45, 7) is 2.95. The first-order valence-electron chi connectivity index (χ1n) is 6.86.